The molecule has 2 rings (SSSR count). The summed E-state index contributed by atoms with van der Waals surface area (Å²) < 4.78 is 1.70. The number of rotatable bonds is 2. The maximum Gasteiger partial charge on any atom is 0.172 e. The van der Waals surface area contributed by atoms with Crippen molar-refractivity contribution in [2.45, 2.75) is 13.3 Å². The molecule has 0 radical (unpaired) electrons. The molecule has 0 saturated heterocycles. The second kappa shape index (κ2) is 3.35. The largest absolute Gasteiger partial charge is 0.259 e. The lowest BCUT2D eigenvalue weighted by molar-refractivity contribution is 0.820. The second-order valence-electron chi connectivity index (χ2n) is 2.67. The minimum atomic E-state index is 0.768. The average Bonchev–Trinajstić information content (AvgIpc) is 2.71. The predicted molar refractivity (Wildman–Crippen MR) is 48.5 cm³/mol. The maximum absolute atomic E-state index is 4.37. The summed E-state index contributed by atoms with van der Waals surface area (Å²) in [6, 6.07) is 1.86. The Labute approximate surface area is 76.3 Å². The third kappa shape index (κ3) is 1.56. The molecule has 0 saturated carbocycles. The number of nitrogens with zero attached hydrogens (tertiary/aromatic N) is 4. The number of aryl methyl sites for hydroxylation is 1. The van der Waals surface area contributed by atoms with Gasteiger partial charge in [-0.15, -0.1) is 0 Å². The third-order valence-corrected chi connectivity index (χ3v) is 1.77. The molecule has 0 N–H and O–H groups in total. The molecule has 0 fully saturated rings. The van der Waals surface area contributed by atoms with Crippen molar-refractivity contribution in [2.75, 3.05) is 0 Å². The van der Waals surface area contributed by atoms with E-state index in [1.807, 2.05) is 12.3 Å². The average molecular weight is 174 g/mol. The molecule has 0 aliphatic carbocycles. The summed E-state index contributed by atoms with van der Waals surface area (Å²) in [4.78, 5) is 8.46. The van der Waals surface area contributed by atoms with E-state index in [2.05, 4.69) is 22.0 Å². The van der Waals surface area contributed by atoms with Crippen LogP contribution in [-0.4, -0.2) is 19.7 Å². The van der Waals surface area contributed by atoms with Gasteiger partial charge >= 0.3 is 0 Å². The molecule has 0 bridgehead atoms. The van der Waals surface area contributed by atoms with Crippen LogP contribution in [0.1, 0.15) is 12.6 Å². The summed E-state index contributed by atoms with van der Waals surface area (Å²) in [5, 5.41) is 4.08. The van der Waals surface area contributed by atoms with Crippen LogP contribution in [-0.2, 0) is 6.42 Å². The lowest BCUT2D eigenvalue weighted by atomic mass is 10.3. The molecule has 0 atom stereocenters. The quantitative estimate of drug-likeness (QED) is 0.687. The monoisotopic (exact) mass is 174 g/mol. The highest BCUT2D eigenvalue weighted by atomic mass is 15.3. The summed E-state index contributed by atoms with van der Waals surface area (Å²) in [7, 11) is 0. The minimum Gasteiger partial charge on any atom is -0.259 e. The summed E-state index contributed by atoms with van der Waals surface area (Å²) >= 11 is 0. The molecule has 0 aromatic carbocycles. The van der Waals surface area contributed by atoms with Gasteiger partial charge in [0, 0.05) is 18.6 Å². The van der Waals surface area contributed by atoms with Gasteiger partial charge in [-0.3, -0.25) is 4.98 Å². The summed E-state index contributed by atoms with van der Waals surface area (Å²) in [5.41, 5.74) is 0.980. The van der Waals surface area contributed by atoms with Gasteiger partial charge in [-0.05, 0) is 12.5 Å². The first-order chi connectivity index (χ1) is 6.40. The van der Waals surface area contributed by atoms with Gasteiger partial charge in [0.2, 0.25) is 0 Å². The zero-order chi connectivity index (χ0) is 9.10. The van der Waals surface area contributed by atoms with Crippen LogP contribution in [0.2, 0.25) is 0 Å². The van der Waals surface area contributed by atoms with Gasteiger partial charge in [-0.2, -0.15) is 5.10 Å². The van der Waals surface area contributed by atoms with Crippen LogP contribution in [0.3, 0.4) is 0 Å². The molecule has 2 aromatic rings. The number of hydrogen-bond donors (Lipinski definition) is 0. The second-order valence-corrected chi connectivity index (χ2v) is 2.67. The topological polar surface area (TPSA) is 43.6 Å². The van der Waals surface area contributed by atoms with Crippen molar-refractivity contribution < 1.29 is 0 Å². The molecule has 0 aliphatic heterocycles. The molecule has 0 unspecified atom stereocenters. The number of aromatic nitrogens is 4. The minimum absolute atomic E-state index is 0.768. The van der Waals surface area contributed by atoms with E-state index < -0.39 is 0 Å². The van der Waals surface area contributed by atoms with Gasteiger partial charge in [-0.25, -0.2) is 9.67 Å². The molecular formula is C9H10N4. The van der Waals surface area contributed by atoms with Gasteiger partial charge < -0.3 is 0 Å². The fourth-order valence-corrected chi connectivity index (χ4v) is 1.08. The van der Waals surface area contributed by atoms with Crippen LogP contribution in [0.25, 0.3) is 5.82 Å². The maximum atomic E-state index is 4.37. The molecule has 2 heterocycles. The smallest absolute Gasteiger partial charge is 0.172 e. The van der Waals surface area contributed by atoms with E-state index >= 15 is 0 Å². The molecule has 13 heavy (non-hydrogen) atoms. The lowest BCUT2D eigenvalue weighted by Gasteiger charge is -2.00. The Morgan fingerprint density at radius 1 is 1.38 bits per heavy atom. The van der Waals surface area contributed by atoms with Crippen molar-refractivity contribution in [2.24, 2.45) is 0 Å². The first-order valence-corrected chi connectivity index (χ1v) is 4.21. The highest BCUT2D eigenvalue weighted by molar-refractivity contribution is 5.17. The van der Waals surface area contributed by atoms with Crippen LogP contribution in [0, 0.1) is 0 Å². The summed E-state index contributed by atoms with van der Waals surface area (Å²) in [6.07, 6.45) is 7.94. The molecular weight excluding hydrogens is 164 g/mol. The summed E-state index contributed by atoms with van der Waals surface area (Å²) in [6.45, 7) is 2.05. The van der Waals surface area contributed by atoms with Crippen LogP contribution < -0.4 is 0 Å². The molecule has 2 aromatic heterocycles. The lowest BCUT2D eigenvalue weighted by Crippen LogP contribution is -2.01. The van der Waals surface area contributed by atoms with Crippen LogP contribution >= 0.6 is 0 Å². The van der Waals surface area contributed by atoms with Gasteiger partial charge in [0.25, 0.3) is 0 Å². The first-order valence-electron chi connectivity index (χ1n) is 4.21. The SMILES string of the molecule is CCc1cncc(-n2cccn2)n1. The standard InChI is InChI=1S/C9H10N4/c1-2-8-6-10-7-9(12-8)13-5-3-4-11-13/h3-7H,2H2,1H3. The Balaban J connectivity index is 2.41. The van der Waals surface area contributed by atoms with Crippen molar-refractivity contribution >= 4 is 0 Å². The Hall–Kier alpha value is -1.71. The van der Waals surface area contributed by atoms with Crippen LogP contribution in [0.5, 0.6) is 0 Å². The van der Waals surface area contributed by atoms with Crippen molar-refractivity contribution in [3.63, 3.8) is 0 Å². The third-order valence-electron chi connectivity index (χ3n) is 1.77. The molecule has 0 amide bonds. The molecule has 0 spiro atoms. The van der Waals surface area contributed by atoms with Crippen molar-refractivity contribution in [3.8, 4) is 5.82 Å². The van der Waals surface area contributed by atoms with Gasteiger partial charge in [0.05, 0.1) is 11.9 Å². The van der Waals surface area contributed by atoms with Crippen molar-refractivity contribution in [1.29, 1.82) is 0 Å². The Morgan fingerprint density at radius 3 is 3.00 bits per heavy atom. The van der Waals surface area contributed by atoms with Crippen molar-refractivity contribution in [1.82, 2.24) is 19.7 Å². The molecule has 4 nitrogen and oxygen atoms in total. The van der Waals surface area contributed by atoms with E-state index in [4.69, 9.17) is 0 Å². The zero-order valence-corrected chi connectivity index (χ0v) is 7.38. The van der Waals surface area contributed by atoms with E-state index in [-0.39, 0.29) is 0 Å². The summed E-state index contributed by atoms with van der Waals surface area (Å²) in [5.74, 6) is 0.768. The van der Waals surface area contributed by atoms with Gasteiger partial charge in [-0.1, -0.05) is 6.92 Å². The van der Waals surface area contributed by atoms with E-state index in [0.717, 1.165) is 17.9 Å². The molecule has 4 heteroatoms. The highest BCUT2D eigenvalue weighted by Crippen LogP contribution is 2.01. The first kappa shape index (κ1) is 7.91. The zero-order valence-electron chi connectivity index (χ0n) is 7.38. The van der Waals surface area contributed by atoms with Crippen molar-refractivity contribution in [3.05, 3.63) is 36.5 Å². The predicted octanol–water partition coefficient (Wildman–Crippen LogP) is 1.22. The Morgan fingerprint density at radius 2 is 2.31 bits per heavy atom. The Bertz CT molecular complexity index is 380. The molecule has 0 aliphatic rings. The normalized spacial score (nSPS) is 10.2. The Kier molecular flexibility index (Phi) is 2.04. The van der Waals surface area contributed by atoms with Gasteiger partial charge in [0.1, 0.15) is 0 Å². The fraction of sp³-hybridized carbons (Fsp3) is 0.222. The van der Waals surface area contributed by atoms with Crippen LogP contribution in [0.15, 0.2) is 30.9 Å². The van der Waals surface area contributed by atoms with Gasteiger partial charge in [0.15, 0.2) is 5.82 Å². The van der Waals surface area contributed by atoms with Crippen LogP contribution in [0.4, 0.5) is 0 Å². The molecule has 66 valence electrons. The van der Waals surface area contributed by atoms with E-state index in [1.165, 1.54) is 0 Å². The van der Waals surface area contributed by atoms with E-state index in [1.54, 1.807) is 23.3 Å². The number of hydrogen-bond acceptors (Lipinski definition) is 3. The fourth-order valence-electron chi connectivity index (χ4n) is 1.08. The van der Waals surface area contributed by atoms with E-state index in [9.17, 15) is 0 Å². The van der Waals surface area contributed by atoms with E-state index in [0.29, 0.717) is 0 Å². The highest BCUT2D eigenvalue weighted by Gasteiger charge is 1.98.